The predicted octanol–water partition coefficient (Wildman–Crippen LogP) is 3.03. The number of nitrogens with one attached hydrogen (secondary N) is 1. The fourth-order valence-corrected chi connectivity index (χ4v) is 4.96. The Bertz CT molecular complexity index is 938. The topological polar surface area (TPSA) is 102 Å². The number of carbonyl (C=O) groups is 1. The molecule has 0 aliphatic heterocycles. The summed E-state index contributed by atoms with van der Waals surface area (Å²) in [6.07, 6.45) is 1.71. The molecule has 1 saturated carbocycles. The molecule has 0 amide bonds. The largest absolute Gasteiger partial charge is 0.494 e. The molecule has 1 fully saturated rings. The Morgan fingerprint density at radius 1 is 1.06 bits per heavy atom. The minimum absolute atomic E-state index is 0.0488. The van der Waals surface area contributed by atoms with E-state index >= 15 is 0 Å². The summed E-state index contributed by atoms with van der Waals surface area (Å²) < 4.78 is 39.3. The first-order chi connectivity index (χ1) is 14.9. The van der Waals surface area contributed by atoms with Crippen molar-refractivity contribution >= 4 is 16.0 Å². The number of benzene rings is 2. The van der Waals surface area contributed by atoms with Gasteiger partial charge in [0.25, 0.3) is 0 Å². The highest BCUT2D eigenvalue weighted by atomic mass is 32.2. The summed E-state index contributed by atoms with van der Waals surface area (Å²) in [7, 11) is -3.95. The average Bonchev–Trinajstić information content (AvgIpc) is 2.78. The van der Waals surface area contributed by atoms with Crippen LogP contribution in [0.15, 0.2) is 59.5 Å². The zero-order valence-corrected chi connectivity index (χ0v) is 18.4. The van der Waals surface area contributed by atoms with E-state index in [0.29, 0.717) is 38.0 Å². The highest BCUT2D eigenvalue weighted by molar-refractivity contribution is 7.89. The van der Waals surface area contributed by atoms with Crippen LogP contribution in [0.4, 0.5) is 0 Å². The molecule has 3 rings (SSSR count). The molecule has 1 aliphatic carbocycles. The van der Waals surface area contributed by atoms with E-state index in [9.17, 15) is 18.3 Å². The fourth-order valence-electron chi connectivity index (χ4n) is 3.71. The summed E-state index contributed by atoms with van der Waals surface area (Å²) in [5.74, 6) is -0.287. The number of ether oxygens (including phenoxy) is 2. The van der Waals surface area contributed by atoms with Crippen molar-refractivity contribution in [1.29, 1.82) is 0 Å². The van der Waals surface area contributed by atoms with E-state index in [0.717, 1.165) is 5.56 Å². The quantitative estimate of drug-likeness (QED) is 0.573. The lowest BCUT2D eigenvalue weighted by Crippen LogP contribution is -2.48. The van der Waals surface area contributed by atoms with Crippen molar-refractivity contribution in [1.82, 2.24) is 4.72 Å². The molecular weight excluding hydrogens is 418 g/mol. The number of aliphatic hydroxyl groups is 1. The molecule has 8 heteroatoms. The van der Waals surface area contributed by atoms with Crippen molar-refractivity contribution in [2.45, 2.75) is 56.3 Å². The first-order valence-corrected chi connectivity index (χ1v) is 12.0. The summed E-state index contributed by atoms with van der Waals surface area (Å²) in [5.41, 5.74) is 0.822. The minimum Gasteiger partial charge on any atom is -0.494 e. The lowest BCUT2D eigenvalue weighted by molar-refractivity contribution is -0.149. The summed E-state index contributed by atoms with van der Waals surface area (Å²) in [6, 6.07) is 14.3. The third-order valence-corrected chi connectivity index (χ3v) is 6.87. The van der Waals surface area contributed by atoms with Crippen LogP contribution in [0.3, 0.4) is 0 Å². The molecule has 168 valence electrons. The maximum Gasteiger partial charge on any atom is 0.324 e. The Morgan fingerprint density at radius 2 is 1.71 bits per heavy atom. The number of aliphatic hydroxyl groups excluding tert-OH is 1. The van der Waals surface area contributed by atoms with Gasteiger partial charge in [-0.1, -0.05) is 30.3 Å². The van der Waals surface area contributed by atoms with Crippen LogP contribution >= 0.6 is 0 Å². The summed E-state index contributed by atoms with van der Waals surface area (Å²) >= 11 is 0. The lowest BCUT2D eigenvalue weighted by atomic mass is 9.83. The van der Waals surface area contributed by atoms with E-state index in [1.54, 1.807) is 12.1 Å². The van der Waals surface area contributed by atoms with E-state index in [2.05, 4.69) is 4.72 Å². The summed E-state index contributed by atoms with van der Waals surface area (Å²) in [5, 5.41) is 9.81. The normalized spacial score (nSPS) is 20.1. The van der Waals surface area contributed by atoms with Gasteiger partial charge in [0.15, 0.2) is 0 Å². The van der Waals surface area contributed by atoms with Crippen molar-refractivity contribution in [2.24, 2.45) is 5.92 Å². The SMILES string of the molecule is CCOc1ccc(S(=O)(=O)N[C@@H](C(=O)OCc2ccccc2)C2CCC(O)CC2)cc1. The molecule has 0 spiro atoms. The molecule has 0 bridgehead atoms. The Hall–Kier alpha value is -2.42. The smallest absolute Gasteiger partial charge is 0.324 e. The number of hydrogen-bond acceptors (Lipinski definition) is 6. The van der Waals surface area contributed by atoms with Gasteiger partial charge in [0.05, 0.1) is 17.6 Å². The minimum atomic E-state index is -3.95. The summed E-state index contributed by atoms with van der Waals surface area (Å²) in [6.45, 7) is 2.39. The van der Waals surface area contributed by atoms with Gasteiger partial charge in [0.2, 0.25) is 10.0 Å². The monoisotopic (exact) mass is 447 g/mol. The zero-order valence-electron chi connectivity index (χ0n) is 17.6. The third-order valence-electron chi connectivity index (χ3n) is 5.42. The van der Waals surface area contributed by atoms with Crippen LogP contribution in [0.5, 0.6) is 5.75 Å². The van der Waals surface area contributed by atoms with Crippen molar-refractivity contribution in [2.75, 3.05) is 6.61 Å². The van der Waals surface area contributed by atoms with Gasteiger partial charge >= 0.3 is 5.97 Å². The molecule has 0 unspecified atom stereocenters. The number of rotatable bonds is 9. The molecule has 0 saturated heterocycles. The van der Waals surface area contributed by atoms with Crippen molar-refractivity contribution in [3.63, 3.8) is 0 Å². The van der Waals surface area contributed by atoms with Crippen molar-refractivity contribution < 1.29 is 27.8 Å². The highest BCUT2D eigenvalue weighted by Crippen LogP contribution is 2.29. The van der Waals surface area contributed by atoms with Crippen LogP contribution in [-0.4, -0.2) is 38.2 Å². The summed E-state index contributed by atoms with van der Waals surface area (Å²) in [4.78, 5) is 13.0. The lowest BCUT2D eigenvalue weighted by Gasteiger charge is -2.31. The molecule has 31 heavy (non-hydrogen) atoms. The number of esters is 1. The fraction of sp³-hybridized carbons (Fsp3) is 0.435. The number of carbonyl (C=O) groups excluding carboxylic acids is 1. The second-order valence-electron chi connectivity index (χ2n) is 7.67. The van der Waals surface area contributed by atoms with E-state index in [-0.39, 0.29) is 17.4 Å². The van der Waals surface area contributed by atoms with Gasteiger partial charge in [0.1, 0.15) is 18.4 Å². The molecule has 7 nitrogen and oxygen atoms in total. The first kappa shape index (κ1) is 23.2. The Balaban J connectivity index is 1.75. The zero-order chi connectivity index (χ0) is 22.3. The van der Waals surface area contributed by atoms with Crippen LogP contribution in [0.25, 0.3) is 0 Å². The second kappa shape index (κ2) is 10.7. The second-order valence-corrected chi connectivity index (χ2v) is 9.38. The van der Waals surface area contributed by atoms with Crippen LogP contribution in [0, 0.1) is 5.92 Å². The molecule has 0 aromatic heterocycles. The van der Waals surface area contributed by atoms with Gasteiger partial charge in [-0.3, -0.25) is 4.79 Å². The van der Waals surface area contributed by atoms with Crippen LogP contribution < -0.4 is 9.46 Å². The predicted molar refractivity (Wildman–Crippen MR) is 116 cm³/mol. The molecule has 2 aromatic rings. The van der Waals surface area contributed by atoms with Gasteiger partial charge in [0, 0.05) is 0 Å². The van der Waals surface area contributed by atoms with E-state index < -0.39 is 28.1 Å². The Morgan fingerprint density at radius 3 is 2.32 bits per heavy atom. The molecule has 0 heterocycles. The maximum absolute atomic E-state index is 13.0. The van der Waals surface area contributed by atoms with Crippen LogP contribution in [-0.2, 0) is 26.2 Å². The van der Waals surface area contributed by atoms with Crippen LogP contribution in [0.2, 0.25) is 0 Å². The van der Waals surface area contributed by atoms with E-state index in [1.807, 2.05) is 37.3 Å². The van der Waals surface area contributed by atoms with Crippen LogP contribution in [0.1, 0.15) is 38.2 Å². The van der Waals surface area contributed by atoms with E-state index in [1.165, 1.54) is 12.1 Å². The number of sulfonamides is 1. The molecule has 2 N–H and O–H groups in total. The Kier molecular flexibility index (Phi) is 8.06. The average molecular weight is 448 g/mol. The van der Waals surface area contributed by atoms with Gasteiger partial charge in [-0.15, -0.1) is 0 Å². The van der Waals surface area contributed by atoms with Crippen molar-refractivity contribution in [3.05, 3.63) is 60.2 Å². The molecule has 1 atom stereocenters. The number of hydrogen-bond donors (Lipinski definition) is 2. The van der Waals surface area contributed by atoms with Gasteiger partial charge in [-0.05, 0) is 68.4 Å². The van der Waals surface area contributed by atoms with Gasteiger partial charge in [-0.25, -0.2) is 8.42 Å². The van der Waals surface area contributed by atoms with E-state index in [4.69, 9.17) is 9.47 Å². The van der Waals surface area contributed by atoms with Gasteiger partial charge < -0.3 is 14.6 Å². The first-order valence-electron chi connectivity index (χ1n) is 10.5. The molecule has 1 aliphatic rings. The highest BCUT2D eigenvalue weighted by Gasteiger charge is 2.36. The maximum atomic E-state index is 13.0. The van der Waals surface area contributed by atoms with Crippen molar-refractivity contribution in [3.8, 4) is 5.75 Å². The molecular formula is C23H29NO6S. The third kappa shape index (κ3) is 6.53. The molecule has 2 aromatic carbocycles. The van der Waals surface area contributed by atoms with Gasteiger partial charge in [-0.2, -0.15) is 4.72 Å². The molecule has 0 radical (unpaired) electrons. The Labute approximate surface area is 183 Å². The standard InChI is InChI=1S/C23H29NO6S/c1-2-29-20-12-14-21(15-13-20)31(27,28)24-22(18-8-10-19(25)11-9-18)23(26)30-16-17-6-4-3-5-7-17/h3-7,12-15,18-19,22,24-25H,2,8-11,16H2,1H3/t18?,19?,22-/m1/s1.